The number of para-hydroxylation sites is 2. The molecule has 2 N–H and O–H groups in total. The molecule has 6 heteroatoms. The first kappa shape index (κ1) is 20.9. The van der Waals surface area contributed by atoms with Crippen LogP contribution in [0.1, 0.15) is 36.0 Å². The summed E-state index contributed by atoms with van der Waals surface area (Å²) in [6.07, 6.45) is 4.89. The molecule has 1 aliphatic rings. The van der Waals surface area contributed by atoms with E-state index in [4.69, 9.17) is 4.74 Å². The zero-order chi connectivity index (χ0) is 20.9. The fraction of sp³-hybridized carbons (Fsp3) is 0.391. The van der Waals surface area contributed by atoms with E-state index in [9.17, 15) is 9.59 Å². The lowest BCUT2D eigenvalue weighted by Crippen LogP contribution is -2.51. The third-order valence-electron chi connectivity index (χ3n) is 5.65. The van der Waals surface area contributed by atoms with Crippen LogP contribution in [0.3, 0.4) is 0 Å². The van der Waals surface area contributed by atoms with Gasteiger partial charge in [0.25, 0.3) is 11.8 Å². The van der Waals surface area contributed by atoms with E-state index in [1.54, 1.807) is 43.5 Å². The minimum atomic E-state index is -0.230. The normalized spacial score (nSPS) is 14.4. The standard InChI is InChI=1S/C23H29N3O3/c1-26(2,19-8-4-5-9-19)16-22(27)24-18-14-12-17(13-15-18)23(28)25-20-10-6-7-11-21(20)29-3/h6-7,10-15,19H,4-5,8-9,16H2,1-3H3,(H-,24,25,27,28)/p+1. The predicted octanol–water partition coefficient (Wildman–Crippen LogP) is 3.91. The van der Waals surface area contributed by atoms with Crippen LogP contribution in [0.5, 0.6) is 5.75 Å². The van der Waals surface area contributed by atoms with E-state index in [2.05, 4.69) is 24.7 Å². The number of hydrogen-bond acceptors (Lipinski definition) is 3. The number of quaternary nitrogens is 1. The molecule has 0 bridgehead atoms. The second-order valence-corrected chi connectivity index (χ2v) is 8.15. The molecule has 2 aromatic rings. The number of amides is 2. The van der Waals surface area contributed by atoms with Gasteiger partial charge in [-0.25, -0.2) is 0 Å². The van der Waals surface area contributed by atoms with Crippen molar-refractivity contribution in [2.75, 3.05) is 38.4 Å². The topological polar surface area (TPSA) is 67.4 Å². The number of rotatable bonds is 7. The number of ether oxygens (including phenoxy) is 1. The third kappa shape index (κ3) is 5.35. The van der Waals surface area contributed by atoms with Gasteiger partial charge in [-0.2, -0.15) is 0 Å². The molecule has 1 fully saturated rings. The molecular formula is C23H30N3O3+. The molecular weight excluding hydrogens is 366 g/mol. The molecule has 154 valence electrons. The quantitative estimate of drug-likeness (QED) is 0.698. The van der Waals surface area contributed by atoms with Crippen LogP contribution in [0.4, 0.5) is 11.4 Å². The van der Waals surface area contributed by atoms with E-state index in [0.717, 1.165) is 0 Å². The fourth-order valence-corrected chi connectivity index (χ4v) is 3.95. The third-order valence-corrected chi connectivity index (χ3v) is 5.65. The largest absolute Gasteiger partial charge is 0.495 e. The molecule has 6 nitrogen and oxygen atoms in total. The number of hydrogen-bond donors (Lipinski definition) is 2. The number of methoxy groups -OCH3 is 1. The maximum Gasteiger partial charge on any atom is 0.279 e. The molecule has 3 rings (SSSR count). The van der Waals surface area contributed by atoms with Gasteiger partial charge in [0.2, 0.25) is 0 Å². The van der Waals surface area contributed by atoms with Gasteiger partial charge in [-0.15, -0.1) is 0 Å². The van der Waals surface area contributed by atoms with Crippen molar-refractivity contribution in [3.05, 3.63) is 54.1 Å². The zero-order valence-electron chi connectivity index (χ0n) is 17.4. The molecule has 2 aromatic carbocycles. The summed E-state index contributed by atoms with van der Waals surface area (Å²) < 4.78 is 5.97. The Bertz CT molecular complexity index is 856. The summed E-state index contributed by atoms with van der Waals surface area (Å²) in [6, 6.07) is 14.7. The molecule has 0 radical (unpaired) electrons. The van der Waals surface area contributed by atoms with Gasteiger partial charge in [-0.1, -0.05) is 12.1 Å². The van der Waals surface area contributed by atoms with Crippen molar-refractivity contribution < 1.29 is 18.8 Å². The maximum atomic E-state index is 12.5. The number of carbonyl (C=O) groups excluding carboxylic acids is 2. The van der Waals surface area contributed by atoms with Gasteiger partial charge >= 0.3 is 0 Å². The van der Waals surface area contributed by atoms with Gasteiger partial charge in [-0.3, -0.25) is 9.59 Å². The van der Waals surface area contributed by atoms with Crippen molar-refractivity contribution in [1.82, 2.24) is 0 Å². The first-order valence-electron chi connectivity index (χ1n) is 10.1. The summed E-state index contributed by atoms with van der Waals surface area (Å²) in [5.74, 6) is 0.368. The SMILES string of the molecule is COc1ccccc1NC(=O)c1ccc(NC(=O)C[N+](C)(C)C2CCCC2)cc1. The summed E-state index contributed by atoms with van der Waals surface area (Å²) >= 11 is 0. The summed E-state index contributed by atoms with van der Waals surface area (Å²) in [7, 11) is 5.82. The number of carbonyl (C=O) groups is 2. The van der Waals surface area contributed by atoms with Crippen molar-refractivity contribution >= 4 is 23.2 Å². The maximum absolute atomic E-state index is 12.5. The molecule has 0 aliphatic heterocycles. The Morgan fingerprint density at radius 2 is 1.66 bits per heavy atom. The van der Waals surface area contributed by atoms with Crippen molar-refractivity contribution in [3.63, 3.8) is 0 Å². The first-order valence-corrected chi connectivity index (χ1v) is 10.1. The molecule has 0 saturated heterocycles. The Kier molecular flexibility index (Phi) is 6.54. The van der Waals surface area contributed by atoms with E-state index < -0.39 is 0 Å². The average molecular weight is 397 g/mol. The molecule has 29 heavy (non-hydrogen) atoms. The van der Waals surface area contributed by atoms with E-state index in [-0.39, 0.29) is 11.8 Å². The molecule has 0 heterocycles. The number of benzene rings is 2. The Morgan fingerprint density at radius 1 is 1.00 bits per heavy atom. The second kappa shape index (κ2) is 9.09. The van der Waals surface area contributed by atoms with Crippen LogP contribution in [0, 0.1) is 0 Å². The van der Waals surface area contributed by atoms with Crippen molar-refractivity contribution in [2.24, 2.45) is 0 Å². The Morgan fingerprint density at radius 3 is 2.31 bits per heavy atom. The second-order valence-electron chi connectivity index (χ2n) is 8.15. The van der Waals surface area contributed by atoms with Crippen LogP contribution in [-0.4, -0.2) is 50.1 Å². The summed E-state index contributed by atoms with van der Waals surface area (Å²) in [5.41, 5.74) is 1.82. The Labute approximate surface area is 172 Å². The minimum Gasteiger partial charge on any atom is -0.495 e. The highest BCUT2D eigenvalue weighted by atomic mass is 16.5. The van der Waals surface area contributed by atoms with Gasteiger partial charge in [0.1, 0.15) is 5.75 Å². The number of nitrogens with one attached hydrogen (secondary N) is 2. The fourth-order valence-electron chi connectivity index (χ4n) is 3.95. The molecule has 1 aliphatic carbocycles. The van der Waals surface area contributed by atoms with Gasteiger partial charge in [0.15, 0.2) is 6.54 Å². The van der Waals surface area contributed by atoms with Gasteiger partial charge < -0.3 is 19.9 Å². The van der Waals surface area contributed by atoms with Crippen LogP contribution in [0.15, 0.2) is 48.5 Å². The van der Waals surface area contributed by atoms with Crippen LogP contribution in [0.2, 0.25) is 0 Å². The minimum absolute atomic E-state index is 0.00637. The lowest BCUT2D eigenvalue weighted by molar-refractivity contribution is -0.906. The molecule has 0 spiro atoms. The molecule has 2 amide bonds. The smallest absolute Gasteiger partial charge is 0.279 e. The van der Waals surface area contributed by atoms with Crippen molar-refractivity contribution in [1.29, 1.82) is 0 Å². The molecule has 0 aromatic heterocycles. The van der Waals surface area contributed by atoms with Gasteiger partial charge in [-0.05, 0) is 62.1 Å². The highest BCUT2D eigenvalue weighted by molar-refractivity contribution is 6.05. The number of likely N-dealkylation sites (N-methyl/N-ethyl adjacent to an activating group) is 1. The van der Waals surface area contributed by atoms with E-state index in [1.165, 1.54) is 25.7 Å². The Hall–Kier alpha value is -2.86. The zero-order valence-corrected chi connectivity index (χ0v) is 17.4. The number of nitrogens with zero attached hydrogens (tertiary/aromatic N) is 1. The first-order chi connectivity index (χ1) is 13.9. The van der Waals surface area contributed by atoms with E-state index in [0.29, 0.717) is 39.8 Å². The lowest BCUT2D eigenvalue weighted by Gasteiger charge is -2.35. The highest BCUT2D eigenvalue weighted by Crippen LogP contribution is 2.27. The average Bonchev–Trinajstić information content (AvgIpc) is 3.24. The van der Waals surface area contributed by atoms with Gasteiger partial charge in [0.05, 0.1) is 32.9 Å². The number of anilines is 2. The van der Waals surface area contributed by atoms with Crippen LogP contribution in [-0.2, 0) is 4.79 Å². The summed E-state index contributed by atoms with van der Waals surface area (Å²) in [5, 5.41) is 5.80. The van der Waals surface area contributed by atoms with E-state index >= 15 is 0 Å². The molecule has 1 saturated carbocycles. The highest BCUT2D eigenvalue weighted by Gasteiger charge is 2.32. The van der Waals surface area contributed by atoms with Crippen LogP contribution >= 0.6 is 0 Å². The summed E-state index contributed by atoms with van der Waals surface area (Å²) in [4.78, 5) is 25.0. The van der Waals surface area contributed by atoms with Crippen LogP contribution < -0.4 is 15.4 Å². The monoisotopic (exact) mass is 396 g/mol. The molecule has 0 atom stereocenters. The van der Waals surface area contributed by atoms with E-state index in [1.807, 2.05) is 12.1 Å². The van der Waals surface area contributed by atoms with Crippen molar-refractivity contribution in [2.45, 2.75) is 31.7 Å². The molecule has 0 unspecified atom stereocenters. The van der Waals surface area contributed by atoms with Crippen molar-refractivity contribution in [3.8, 4) is 5.75 Å². The van der Waals surface area contributed by atoms with Gasteiger partial charge in [0, 0.05) is 11.3 Å². The summed E-state index contributed by atoms with van der Waals surface area (Å²) in [6.45, 7) is 0.445. The lowest BCUT2D eigenvalue weighted by atomic mass is 10.1. The predicted molar refractivity (Wildman–Crippen MR) is 115 cm³/mol. The Balaban J connectivity index is 1.58. The van der Waals surface area contributed by atoms with Crippen LogP contribution in [0.25, 0.3) is 0 Å².